The van der Waals surface area contributed by atoms with Crippen molar-refractivity contribution in [2.24, 2.45) is 0 Å². The molecule has 3 amide bonds. The number of nitro groups is 1. The SMILES string of the molecule is O=C1NC(c2ccccc2)(S(=O)(=O)c2ccc3c(c2)CCN3)CN1C(=O)c1ccc([N+](=O)[O-])cc1. The largest absolute Gasteiger partial charge is 0.384 e. The number of rotatable bonds is 5. The number of nitrogens with one attached hydrogen (secondary N) is 2. The number of fused-ring (bicyclic) bond motifs is 1. The van der Waals surface area contributed by atoms with Crippen LogP contribution in [0.15, 0.2) is 77.7 Å². The van der Waals surface area contributed by atoms with Crippen molar-refractivity contribution >= 4 is 33.2 Å². The molecule has 0 bridgehead atoms. The van der Waals surface area contributed by atoms with Gasteiger partial charge in [-0.1, -0.05) is 30.3 Å². The van der Waals surface area contributed by atoms with Crippen molar-refractivity contribution in [1.29, 1.82) is 0 Å². The van der Waals surface area contributed by atoms with Crippen molar-refractivity contribution in [3.8, 4) is 0 Å². The summed E-state index contributed by atoms with van der Waals surface area (Å²) in [5, 5.41) is 16.7. The number of hydrogen-bond donors (Lipinski definition) is 2. The highest BCUT2D eigenvalue weighted by Crippen LogP contribution is 2.39. The summed E-state index contributed by atoms with van der Waals surface area (Å²) in [5.41, 5.74) is 1.85. The lowest BCUT2D eigenvalue weighted by atomic mass is 10.1. The smallest absolute Gasteiger partial charge is 0.326 e. The zero-order valence-corrected chi connectivity index (χ0v) is 19.1. The maximum absolute atomic E-state index is 14.1. The number of urea groups is 1. The van der Waals surface area contributed by atoms with E-state index in [1.165, 1.54) is 18.2 Å². The molecular weight excluding hydrogens is 472 g/mol. The number of sulfone groups is 1. The molecule has 1 atom stereocenters. The molecule has 1 unspecified atom stereocenters. The number of carbonyl (C=O) groups is 2. The third-order valence-corrected chi connectivity index (χ3v) is 8.56. The Morgan fingerprint density at radius 2 is 1.74 bits per heavy atom. The Bertz CT molecular complexity index is 1460. The van der Waals surface area contributed by atoms with Crippen LogP contribution in [-0.2, 0) is 21.1 Å². The van der Waals surface area contributed by atoms with Crippen molar-refractivity contribution in [2.45, 2.75) is 16.2 Å². The Kier molecular flexibility index (Phi) is 5.28. The monoisotopic (exact) mass is 492 g/mol. The topological polar surface area (TPSA) is 139 Å². The Hall–Kier alpha value is -4.25. The molecule has 5 rings (SSSR count). The highest BCUT2D eigenvalue weighted by Gasteiger charge is 2.56. The van der Waals surface area contributed by atoms with E-state index >= 15 is 0 Å². The van der Waals surface area contributed by atoms with Crippen LogP contribution >= 0.6 is 0 Å². The molecule has 0 aliphatic carbocycles. The molecule has 3 aromatic carbocycles. The van der Waals surface area contributed by atoms with Crippen LogP contribution in [0.25, 0.3) is 0 Å². The summed E-state index contributed by atoms with van der Waals surface area (Å²) >= 11 is 0. The number of imide groups is 1. The van der Waals surface area contributed by atoms with Crippen LogP contribution in [-0.4, -0.2) is 43.3 Å². The quantitative estimate of drug-likeness (QED) is 0.412. The number of nitro benzene ring substituents is 1. The minimum atomic E-state index is -4.22. The van der Waals surface area contributed by atoms with Gasteiger partial charge in [-0.15, -0.1) is 0 Å². The maximum Gasteiger partial charge on any atom is 0.326 e. The molecule has 0 spiro atoms. The summed E-state index contributed by atoms with van der Waals surface area (Å²) in [7, 11) is -4.22. The predicted molar refractivity (Wildman–Crippen MR) is 127 cm³/mol. The Morgan fingerprint density at radius 3 is 2.43 bits per heavy atom. The Balaban J connectivity index is 1.57. The van der Waals surface area contributed by atoms with Gasteiger partial charge in [-0.2, -0.15) is 0 Å². The molecule has 1 fully saturated rings. The lowest BCUT2D eigenvalue weighted by Crippen LogP contribution is -2.47. The lowest BCUT2D eigenvalue weighted by molar-refractivity contribution is -0.384. The predicted octanol–water partition coefficient (Wildman–Crippen LogP) is 3.06. The first-order valence-corrected chi connectivity index (χ1v) is 12.3. The average Bonchev–Trinajstić information content (AvgIpc) is 3.49. The summed E-state index contributed by atoms with van der Waals surface area (Å²) in [6.45, 7) is 0.236. The summed E-state index contributed by atoms with van der Waals surface area (Å²) in [4.78, 5) is 35.5. The number of carbonyl (C=O) groups excluding carboxylic acids is 2. The number of hydrogen-bond acceptors (Lipinski definition) is 7. The number of anilines is 1. The normalized spacial score (nSPS) is 19.1. The van der Waals surface area contributed by atoms with Gasteiger partial charge in [0.25, 0.3) is 11.6 Å². The molecule has 11 heteroatoms. The minimum Gasteiger partial charge on any atom is -0.384 e. The molecule has 0 saturated carbocycles. The molecule has 2 heterocycles. The van der Waals surface area contributed by atoms with Gasteiger partial charge >= 0.3 is 6.03 Å². The van der Waals surface area contributed by atoms with Gasteiger partial charge in [-0.05, 0) is 47.9 Å². The van der Waals surface area contributed by atoms with E-state index in [0.717, 1.165) is 28.3 Å². The zero-order valence-electron chi connectivity index (χ0n) is 18.3. The summed E-state index contributed by atoms with van der Waals surface area (Å²) in [6, 6.07) is 16.9. The van der Waals surface area contributed by atoms with Crippen molar-refractivity contribution in [2.75, 3.05) is 18.4 Å². The Labute approximate surface area is 200 Å². The van der Waals surface area contributed by atoms with Crippen molar-refractivity contribution in [3.63, 3.8) is 0 Å². The van der Waals surface area contributed by atoms with Crippen LogP contribution in [0.1, 0.15) is 21.5 Å². The second-order valence-corrected chi connectivity index (χ2v) is 10.5. The fourth-order valence-electron chi connectivity index (χ4n) is 4.45. The highest BCUT2D eigenvalue weighted by molar-refractivity contribution is 7.92. The van der Waals surface area contributed by atoms with Gasteiger partial charge in [0, 0.05) is 29.9 Å². The molecule has 178 valence electrons. The van der Waals surface area contributed by atoms with E-state index in [1.807, 2.05) is 0 Å². The van der Waals surface area contributed by atoms with E-state index in [0.29, 0.717) is 18.5 Å². The number of benzene rings is 3. The first-order chi connectivity index (χ1) is 16.7. The summed E-state index contributed by atoms with van der Waals surface area (Å²) in [5.74, 6) is -0.761. The van der Waals surface area contributed by atoms with E-state index < -0.39 is 38.1 Å². The van der Waals surface area contributed by atoms with E-state index in [1.54, 1.807) is 42.5 Å². The molecule has 0 radical (unpaired) electrons. The molecule has 2 aliphatic rings. The van der Waals surface area contributed by atoms with E-state index in [9.17, 15) is 28.1 Å². The van der Waals surface area contributed by atoms with Crippen LogP contribution < -0.4 is 10.6 Å². The summed E-state index contributed by atoms with van der Waals surface area (Å²) < 4.78 is 28.2. The van der Waals surface area contributed by atoms with Crippen molar-refractivity contribution in [3.05, 3.63) is 99.6 Å². The minimum absolute atomic E-state index is 0.0237. The number of amides is 3. The molecule has 0 aromatic heterocycles. The zero-order chi connectivity index (χ0) is 24.8. The van der Waals surface area contributed by atoms with Crippen LogP contribution in [0.4, 0.5) is 16.2 Å². The molecule has 2 N–H and O–H groups in total. The van der Waals surface area contributed by atoms with Crippen molar-refractivity contribution < 1.29 is 22.9 Å². The Morgan fingerprint density at radius 1 is 1.03 bits per heavy atom. The highest BCUT2D eigenvalue weighted by atomic mass is 32.2. The summed E-state index contributed by atoms with van der Waals surface area (Å²) in [6.07, 6.45) is 0.675. The molecule has 10 nitrogen and oxygen atoms in total. The third-order valence-electron chi connectivity index (χ3n) is 6.30. The van der Waals surface area contributed by atoms with E-state index in [-0.39, 0.29) is 16.1 Å². The number of non-ortho nitro benzene ring substituents is 1. The molecule has 2 aliphatic heterocycles. The van der Waals surface area contributed by atoms with E-state index in [2.05, 4.69) is 10.6 Å². The second kappa shape index (κ2) is 8.20. The van der Waals surface area contributed by atoms with Gasteiger partial charge < -0.3 is 10.6 Å². The van der Waals surface area contributed by atoms with Gasteiger partial charge in [0.1, 0.15) is 0 Å². The van der Waals surface area contributed by atoms with Gasteiger partial charge in [0.15, 0.2) is 4.87 Å². The van der Waals surface area contributed by atoms with Crippen LogP contribution in [0.3, 0.4) is 0 Å². The van der Waals surface area contributed by atoms with Gasteiger partial charge in [-0.25, -0.2) is 13.2 Å². The van der Waals surface area contributed by atoms with Crippen LogP contribution in [0.5, 0.6) is 0 Å². The van der Waals surface area contributed by atoms with Crippen LogP contribution in [0, 0.1) is 10.1 Å². The average molecular weight is 493 g/mol. The molecule has 35 heavy (non-hydrogen) atoms. The lowest BCUT2D eigenvalue weighted by Gasteiger charge is -2.29. The fourth-order valence-corrected chi connectivity index (χ4v) is 6.36. The van der Waals surface area contributed by atoms with Gasteiger partial charge in [0.2, 0.25) is 9.84 Å². The molecule has 3 aromatic rings. The molecule has 1 saturated heterocycles. The number of nitrogens with zero attached hydrogens (tertiary/aromatic N) is 2. The van der Waals surface area contributed by atoms with Crippen molar-refractivity contribution in [1.82, 2.24) is 10.2 Å². The standard InChI is InChI=1S/C24H20N4O6S/c29-22(16-6-8-19(9-7-16)28(31)32)27-15-24(26-23(27)30,18-4-2-1-3-5-18)35(33,34)20-10-11-21-17(14-20)12-13-25-21/h1-11,14,25H,12-13,15H2,(H,26,30). The van der Waals surface area contributed by atoms with Gasteiger partial charge in [-0.3, -0.25) is 19.8 Å². The van der Waals surface area contributed by atoms with Gasteiger partial charge in [0.05, 0.1) is 16.4 Å². The maximum atomic E-state index is 14.1. The molecular formula is C24H20N4O6S. The first kappa shape index (κ1) is 22.5. The van der Waals surface area contributed by atoms with Crippen LogP contribution in [0.2, 0.25) is 0 Å². The second-order valence-electron chi connectivity index (χ2n) is 8.32. The van der Waals surface area contributed by atoms with E-state index in [4.69, 9.17) is 0 Å². The third kappa shape index (κ3) is 3.60. The fraction of sp³-hybridized carbons (Fsp3) is 0.167. The first-order valence-electron chi connectivity index (χ1n) is 10.8.